The van der Waals surface area contributed by atoms with Gasteiger partial charge in [0.15, 0.2) is 0 Å². The Balaban J connectivity index is 0. The van der Waals surface area contributed by atoms with Gasteiger partial charge >= 0.3 is 23.9 Å². The van der Waals surface area contributed by atoms with Crippen molar-refractivity contribution < 1.29 is 47.7 Å². The van der Waals surface area contributed by atoms with E-state index in [-0.39, 0.29) is 30.4 Å². The van der Waals surface area contributed by atoms with Crippen molar-refractivity contribution in [1.82, 2.24) is 0 Å². The highest BCUT2D eigenvalue weighted by Crippen LogP contribution is 2.21. The molecule has 310 valence electrons. The zero-order valence-electron chi connectivity index (χ0n) is 36.5. The van der Waals surface area contributed by atoms with Crippen molar-refractivity contribution in [2.75, 3.05) is 0 Å². The van der Waals surface area contributed by atoms with E-state index in [1.54, 1.807) is 34.6 Å². The van der Waals surface area contributed by atoms with Gasteiger partial charge in [0.2, 0.25) is 0 Å². The molecule has 0 bridgehead atoms. The molecule has 0 aliphatic carbocycles. The first-order chi connectivity index (χ1) is 25.5. The fourth-order valence-corrected chi connectivity index (χ4v) is 4.97. The summed E-state index contributed by atoms with van der Waals surface area (Å²) in [5, 5.41) is 0. The van der Waals surface area contributed by atoms with E-state index in [2.05, 4.69) is 13.2 Å². The molecule has 0 fully saturated rings. The smallest absolute Gasteiger partial charge is 0.379 e. The van der Waals surface area contributed by atoms with E-state index in [1.165, 1.54) is 0 Å². The molecule has 0 aromatic rings. The Morgan fingerprint density at radius 3 is 1.13 bits per heavy atom. The zero-order chi connectivity index (χ0) is 43.2. The number of Topliss-reactive ketones (excluding diaryl/α,β-unsaturated/α-hetero) is 2. The molecular formula is C45H70O10. The third kappa shape index (κ3) is 20.8. The number of ketones is 2. The molecule has 0 rings (SSSR count). The summed E-state index contributed by atoms with van der Waals surface area (Å²) in [7, 11) is 0. The van der Waals surface area contributed by atoms with Crippen LogP contribution in [0.3, 0.4) is 0 Å². The van der Waals surface area contributed by atoms with E-state index >= 15 is 0 Å². The molecule has 0 N–H and O–H groups in total. The normalized spacial score (nSPS) is 13.7. The Hall–Kier alpha value is -4.34. The third-order valence-corrected chi connectivity index (χ3v) is 9.67. The molecule has 0 saturated carbocycles. The minimum Gasteiger partial charge on any atom is -0.459 e. The van der Waals surface area contributed by atoms with Gasteiger partial charge in [0, 0.05) is 22.8 Å². The van der Waals surface area contributed by atoms with Crippen LogP contribution in [-0.4, -0.2) is 59.9 Å². The number of hydrogen-bond acceptors (Lipinski definition) is 10. The highest BCUT2D eigenvalue weighted by molar-refractivity contribution is 6.41. The lowest BCUT2D eigenvalue weighted by molar-refractivity contribution is -0.156. The van der Waals surface area contributed by atoms with E-state index in [0.29, 0.717) is 55.2 Å². The summed E-state index contributed by atoms with van der Waals surface area (Å²) in [5.41, 5.74) is 7.01. The molecular weight excluding hydrogens is 700 g/mol. The maximum Gasteiger partial charge on any atom is 0.379 e. The molecule has 0 amide bonds. The molecule has 0 saturated heterocycles. The van der Waals surface area contributed by atoms with Crippen LogP contribution in [0, 0.1) is 0 Å². The van der Waals surface area contributed by atoms with E-state index in [4.69, 9.17) is 18.9 Å². The SMILES string of the molecule is C=C(C)C(=O)OC(CC)CCCC(C)OC(=O)C(=O)/C(C)=C(\C)C(C)=C(C)C.C=CC(=O)OC(CC)CCCC(C)OC(=O)C(=O)/C(C)=C(\C)C(C)=C(C)C. The molecule has 4 unspecified atom stereocenters. The first-order valence-corrected chi connectivity index (χ1v) is 19.3. The van der Waals surface area contributed by atoms with Crippen LogP contribution in [0.15, 0.2) is 69.4 Å². The number of carbonyl (C=O) groups excluding carboxylic acids is 6. The molecule has 10 heteroatoms. The number of rotatable bonds is 22. The Labute approximate surface area is 331 Å². The molecule has 4 atom stereocenters. The molecule has 0 aliphatic heterocycles. The summed E-state index contributed by atoms with van der Waals surface area (Å²) in [6, 6.07) is 0. The molecule has 0 aliphatic rings. The molecule has 55 heavy (non-hydrogen) atoms. The number of allylic oxidation sites excluding steroid dienone is 6. The van der Waals surface area contributed by atoms with E-state index < -0.39 is 29.5 Å². The van der Waals surface area contributed by atoms with Crippen LogP contribution in [0.2, 0.25) is 0 Å². The van der Waals surface area contributed by atoms with Crippen molar-refractivity contribution >= 4 is 35.4 Å². The predicted molar refractivity (Wildman–Crippen MR) is 219 cm³/mol. The summed E-state index contributed by atoms with van der Waals surface area (Å²) in [5.74, 6) is -3.69. The van der Waals surface area contributed by atoms with Crippen molar-refractivity contribution in [3.63, 3.8) is 0 Å². The molecule has 0 aromatic heterocycles. The first kappa shape index (κ1) is 52.8. The van der Waals surface area contributed by atoms with E-state index in [9.17, 15) is 28.8 Å². The van der Waals surface area contributed by atoms with Crippen LogP contribution in [0.1, 0.15) is 155 Å². The van der Waals surface area contributed by atoms with Gasteiger partial charge in [-0.1, -0.05) is 38.2 Å². The molecule has 0 spiro atoms. The van der Waals surface area contributed by atoms with Crippen LogP contribution in [-0.2, 0) is 47.7 Å². The predicted octanol–water partition coefficient (Wildman–Crippen LogP) is 10.1. The Morgan fingerprint density at radius 1 is 0.491 bits per heavy atom. The van der Waals surface area contributed by atoms with Crippen LogP contribution in [0.5, 0.6) is 0 Å². The second-order valence-electron chi connectivity index (χ2n) is 14.6. The minimum absolute atomic E-state index is 0.181. The van der Waals surface area contributed by atoms with Crippen LogP contribution >= 0.6 is 0 Å². The van der Waals surface area contributed by atoms with Gasteiger partial charge in [-0.05, 0) is 164 Å². The maximum absolute atomic E-state index is 12.3. The molecule has 0 heterocycles. The van der Waals surface area contributed by atoms with Crippen molar-refractivity contribution in [1.29, 1.82) is 0 Å². The second-order valence-corrected chi connectivity index (χ2v) is 14.6. The van der Waals surface area contributed by atoms with Crippen molar-refractivity contribution in [2.24, 2.45) is 0 Å². The standard InChI is InChI=1S/C23H36O5.C22H34O5/c1-10-20(28-22(25)15(4)5)13-11-12-16(6)27-23(26)21(24)19(9)18(8)17(7)14(2)3;1-9-19(27-20(23)10-2)13-11-12-15(5)26-22(25)21(24)18(8)17(7)16(6)14(3)4/h16,20H,4,10-13H2,1-3,5-9H3;10,15,19H,2,9,11-13H2,1,3-8H3/b19-18+;18-17+. The molecule has 0 radical (unpaired) electrons. The highest BCUT2D eigenvalue weighted by atomic mass is 16.6. The lowest BCUT2D eigenvalue weighted by Crippen LogP contribution is -2.24. The fourth-order valence-electron chi connectivity index (χ4n) is 4.97. The first-order valence-electron chi connectivity index (χ1n) is 19.3. The summed E-state index contributed by atoms with van der Waals surface area (Å²) in [6.45, 7) is 34.7. The average Bonchev–Trinajstić information content (AvgIpc) is 3.14. The van der Waals surface area contributed by atoms with Gasteiger partial charge in [-0.25, -0.2) is 19.2 Å². The van der Waals surface area contributed by atoms with Crippen LogP contribution < -0.4 is 0 Å². The number of carbonyl (C=O) groups is 6. The summed E-state index contributed by atoms with van der Waals surface area (Å²) in [6.07, 6.45) is 5.39. The fraction of sp³-hybridized carbons (Fsp3) is 0.600. The summed E-state index contributed by atoms with van der Waals surface area (Å²) >= 11 is 0. The number of hydrogen-bond donors (Lipinski definition) is 0. The summed E-state index contributed by atoms with van der Waals surface area (Å²) in [4.78, 5) is 71.8. The lowest BCUT2D eigenvalue weighted by Gasteiger charge is -2.18. The highest BCUT2D eigenvalue weighted by Gasteiger charge is 2.24. The maximum atomic E-state index is 12.3. The van der Waals surface area contributed by atoms with Crippen LogP contribution in [0.4, 0.5) is 0 Å². The molecule has 10 nitrogen and oxygen atoms in total. The van der Waals surface area contributed by atoms with Crippen molar-refractivity contribution in [3.8, 4) is 0 Å². The van der Waals surface area contributed by atoms with E-state index in [1.807, 2.05) is 69.2 Å². The second kappa shape index (κ2) is 27.3. The van der Waals surface area contributed by atoms with Crippen molar-refractivity contribution in [3.05, 3.63) is 69.4 Å². The average molecular weight is 771 g/mol. The van der Waals surface area contributed by atoms with Crippen LogP contribution in [0.25, 0.3) is 0 Å². The zero-order valence-corrected chi connectivity index (χ0v) is 36.5. The van der Waals surface area contributed by atoms with E-state index in [0.717, 1.165) is 52.4 Å². The van der Waals surface area contributed by atoms with Gasteiger partial charge in [0.25, 0.3) is 11.6 Å². The monoisotopic (exact) mass is 770 g/mol. The topological polar surface area (TPSA) is 139 Å². The van der Waals surface area contributed by atoms with Gasteiger partial charge in [-0.2, -0.15) is 0 Å². The largest absolute Gasteiger partial charge is 0.459 e. The van der Waals surface area contributed by atoms with Gasteiger partial charge in [-0.15, -0.1) is 0 Å². The summed E-state index contributed by atoms with van der Waals surface area (Å²) < 4.78 is 21.1. The van der Waals surface area contributed by atoms with Gasteiger partial charge in [-0.3, -0.25) is 9.59 Å². The van der Waals surface area contributed by atoms with Gasteiger partial charge in [0.1, 0.15) is 12.2 Å². The Morgan fingerprint density at radius 2 is 0.836 bits per heavy atom. The van der Waals surface area contributed by atoms with Gasteiger partial charge < -0.3 is 18.9 Å². The van der Waals surface area contributed by atoms with Crippen molar-refractivity contribution in [2.45, 2.75) is 180 Å². The van der Waals surface area contributed by atoms with Gasteiger partial charge in [0.05, 0.1) is 12.2 Å². The molecule has 0 aromatic carbocycles. The number of ether oxygens (including phenoxy) is 4. The Kier molecular flexibility index (Phi) is 26.2. The quantitative estimate of drug-likeness (QED) is 0.0344. The lowest BCUT2D eigenvalue weighted by atomic mass is 9.98. The third-order valence-electron chi connectivity index (χ3n) is 9.67. The minimum atomic E-state index is -0.828. The Bertz CT molecular complexity index is 1510. The number of esters is 4.